The number of hydrogen-bond acceptors (Lipinski definition) is 5. The van der Waals surface area contributed by atoms with Gasteiger partial charge in [0.05, 0.1) is 12.6 Å². The number of anilines is 1. The second-order valence-electron chi connectivity index (χ2n) is 7.18. The maximum absolute atomic E-state index is 12.4. The zero-order chi connectivity index (χ0) is 20.1. The zero-order valence-electron chi connectivity index (χ0n) is 16.7. The molecule has 1 amide bonds. The molecule has 4 rings (SSSR count). The van der Waals surface area contributed by atoms with Gasteiger partial charge in [0.25, 0.3) is 5.91 Å². The summed E-state index contributed by atoms with van der Waals surface area (Å²) >= 11 is 0. The lowest BCUT2D eigenvalue weighted by Crippen LogP contribution is -2.48. The monoisotopic (exact) mass is 390 g/mol. The molecular weight excluding hydrogens is 364 g/mol. The van der Waals surface area contributed by atoms with Crippen molar-refractivity contribution in [2.24, 2.45) is 0 Å². The molecule has 1 aliphatic heterocycles. The van der Waals surface area contributed by atoms with Gasteiger partial charge in [-0.3, -0.25) is 9.69 Å². The molecule has 6 nitrogen and oxygen atoms in total. The Hall–Kier alpha value is -3.12. The van der Waals surface area contributed by atoms with Crippen molar-refractivity contribution in [3.63, 3.8) is 0 Å². The van der Waals surface area contributed by atoms with E-state index < -0.39 is 0 Å². The summed E-state index contributed by atoms with van der Waals surface area (Å²) in [5, 5.41) is 4.04. The first-order chi connectivity index (χ1) is 14.2. The number of pyridine rings is 1. The van der Waals surface area contributed by atoms with Crippen LogP contribution in [0.2, 0.25) is 0 Å². The van der Waals surface area contributed by atoms with Crippen LogP contribution in [0.5, 0.6) is 5.75 Å². The highest BCUT2D eigenvalue weighted by Crippen LogP contribution is 2.22. The summed E-state index contributed by atoms with van der Waals surface area (Å²) in [6, 6.07) is 19.7. The average molecular weight is 390 g/mol. The number of aromatic nitrogens is 1. The number of rotatable bonds is 6. The fraction of sp³-hybridized carbons (Fsp3) is 0.304. The number of nitrogens with zero attached hydrogens (tertiary/aromatic N) is 3. The molecule has 1 fully saturated rings. The van der Waals surface area contributed by atoms with Gasteiger partial charge >= 0.3 is 0 Å². The summed E-state index contributed by atoms with van der Waals surface area (Å²) < 4.78 is 5.32. The van der Waals surface area contributed by atoms with Crippen molar-refractivity contribution in [2.45, 2.75) is 0 Å². The number of methoxy groups -OCH3 is 1. The molecule has 1 N–H and O–H groups in total. The number of benzene rings is 2. The topological polar surface area (TPSA) is 57.7 Å². The molecule has 1 saturated heterocycles. The van der Waals surface area contributed by atoms with Crippen LogP contribution in [0.25, 0.3) is 10.9 Å². The minimum absolute atomic E-state index is 0.120. The highest BCUT2D eigenvalue weighted by Gasteiger charge is 2.17. The minimum atomic E-state index is -0.120. The number of nitrogens with one attached hydrogen (secondary N) is 1. The van der Waals surface area contributed by atoms with Crippen LogP contribution in [0.4, 0.5) is 5.69 Å². The van der Waals surface area contributed by atoms with E-state index in [-0.39, 0.29) is 5.91 Å². The van der Waals surface area contributed by atoms with Crippen LogP contribution in [0, 0.1) is 0 Å². The molecule has 3 aromatic rings. The van der Waals surface area contributed by atoms with E-state index in [0.717, 1.165) is 49.4 Å². The first-order valence-electron chi connectivity index (χ1n) is 9.98. The van der Waals surface area contributed by atoms with Crippen molar-refractivity contribution in [3.05, 3.63) is 66.4 Å². The first-order valence-corrected chi connectivity index (χ1v) is 9.98. The highest BCUT2D eigenvalue weighted by molar-refractivity contribution is 5.94. The number of amides is 1. The van der Waals surface area contributed by atoms with Crippen molar-refractivity contribution in [1.29, 1.82) is 0 Å². The molecule has 1 aromatic heterocycles. The lowest BCUT2D eigenvalue weighted by Gasteiger charge is -2.36. The van der Waals surface area contributed by atoms with Gasteiger partial charge < -0.3 is 15.0 Å². The number of para-hydroxylation sites is 1. The lowest BCUT2D eigenvalue weighted by atomic mass is 10.2. The van der Waals surface area contributed by atoms with Gasteiger partial charge in [0.15, 0.2) is 0 Å². The smallest absolute Gasteiger partial charge is 0.269 e. The third kappa shape index (κ3) is 4.66. The number of carbonyl (C=O) groups excluding carboxylic acids is 1. The van der Waals surface area contributed by atoms with Crippen molar-refractivity contribution >= 4 is 22.5 Å². The molecule has 2 heterocycles. The summed E-state index contributed by atoms with van der Waals surface area (Å²) in [4.78, 5) is 21.6. The Bertz CT molecular complexity index is 983. The summed E-state index contributed by atoms with van der Waals surface area (Å²) in [6.45, 7) is 5.33. The van der Waals surface area contributed by atoms with E-state index in [1.807, 2.05) is 42.5 Å². The second-order valence-corrected chi connectivity index (χ2v) is 7.18. The number of ether oxygens (including phenoxy) is 1. The molecule has 0 unspecified atom stereocenters. The van der Waals surface area contributed by atoms with Gasteiger partial charge in [0.2, 0.25) is 0 Å². The normalized spacial score (nSPS) is 14.7. The molecule has 29 heavy (non-hydrogen) atoms. The third-order valence-corrected chi connectivity index (χ3v) is 5.34. The van der Waals surface area contributed by atoms with E-state index in [2.05, 4.69) is 32.2 Å². The highest BCUT2D eigenvalue weighted by atomic mass is 16.5. The fourth-order valence-corrected chi connectivity index (χ4v) is 3.65. The van der Waals surface area contributed by atoms with Gasteiger partial charge in [-0.05, 0) is 24.3 Å². The van der Waals surface area contributed by atoms with Gasteiger partial charge in [0, 0.05) is 56.4 Å². The molecule has 0 spiro atoms. The first kappa shape index (κ1) is 19.2. The number of fused-ring (bicyclic) bond motifs is 1. The van der Waals surface area contributed by atoms with E-state index in [1.54, 1.807) is 13.2 Å². The summed E-state index contributed by atoms with van der Waals surface area (Å²) in [6.07, 6.45) is 0. The quantitative estimate of drug-likeness (QED) is 0.701. The minimum Gasteiger partial charge on any atom is -0.497 e. The number of carbonyl (C=O) groups is 1. The predicted molar refractivity (Wildman–Crippen MR) is 116 cm³/mol. The summed E-state index contributed by atoms with van der Waals surface area (Å²) in [5.74, 6) is 0.765. The van der Waals surface area contributed by atoms with E-state index >= 15 is 0 Å². The van der Waals surface area contributed by atoms with Crippen LogP contribution in [0.3, 0.4) is 0 Å². The van der Waals surface area contributed by atoms with E-state index in [0.29, 0.717) is 12.2 Å². The van der Waals surface area contributed by atoms with Crippen LogP contribution >= 0.6 is 0 Å². The SMILES string of the molecule is COc1cccc(N2CCN(CCNC(=O)c3ccc4ccccc4n3)CC2)c1. The van der Waals surface area contributed by atoms with Gasteiger partial charge in [-0.1, -0.05) is 30.3 Å². The van der Waals surface area contributed by atoms with Crippen molar-refractivity contribution in [1.82, 2.24) is 15.2 Å². The van der Waals surface area contributed by atoms with Gasteiger partial charge in [-0.2, -0.15) is 0 Å². The maximum atomic E-state index is 12.4. The maximum Gasteiger partial charge on any atom is 0.269 e. The Kier molecular flexibility index (Phi) is 5.91. The summed E-state index contributed by atoms with van der Waals surface area (Å²) in [5.41, 5.74) is 2.50. The molecule has 6 heteroatoms. The molecule has 0 bridgehead atoms. The predicted octanol–water partition coefficient (Wildman–Crippen LogP) is 2.80. The standard InChI is InChI=1S/C23H26N4O2/c1-29-20-7-4-6-19(17-20)27-15-13-26(14-16-27)12-11-24-23(28)22-10-9-18-5-2-3-8-21(18)25-22/h2-10,17H,11-16H2,1H3,(H,24,28). The van der Waals surface area contributed by atoms with Crippen LogP contribution < -0.4 is 15.0 Å². The Balaban J connectivity index is 1.24. The van der Waals surface area contributed by atoms with Gasteiger partial charge in [0.1, 0.15) is 11.4 Å². The molecule has 0 aliphatic carbocycles. The van der Waals surface area contributed by atoms with Gasteiger partial charge in [-0.25, -0.2) is 4.98 Å². The zero-order valence-corrected chi connectivity index (χ0v) is 16.7. The van der Waals surface area contributed by atoms with Crippen LogP contribution in [-0.4, -0.2) is 62.2 Å². The number of piperazine rings is 1. The van der Waals surface area contributed by atoms with Crippen molar-refractivity contribution in [3.8, 4) is 5.75 Å². The van der Waals surface area contributed by atoms with E-state index in [4.69, 9.17) is 4.74 Å². The molecule has 1 aliphatic rings. The Morgan fingerprint density at radius 2 is 1.86 bits per heavy atom. The van der Waals surface area contributed by atoms with Crippen molar-refractivity contribution < 1.29 is 9.53 Å². The van der Waals surface area contributed by atoms with Gasteiger partial charge in [-0.15, -0.1) is 0 Å². The lowest BCUT2D eigenvalue weighted by molar-refractivity contribution is 0.0943. The average Bonchev–Trinajstić information content (AvgIpc) is 2.79. The molecule has 150 valence electrons. The Labute approximate surface area is 171 Å². The molecule has 0 radical (unpaired) electrons. The van der Waals surface area contributed by atoms with E-state index in [9.17, 15) is 4.79 Å². The summed E-state index contributed by atoms with van der Waals surface area (Å²) in [7, 11) is 1.69. The largest absolute Gasteiger partial charge is 0.497 e. The van der Waals surface area contributed by atoms with Crippen LogP contribution in [0.15, 0.2) is 60.7 Å². The van der Waals surface area contributed by atoms with Crippen molar-refractivity contribution in [2.75, 3.05) is 51.3 Å². The molecule has 2 aromatic carbocycles. The fourth-order valence-electron chi connectivity index (χ4n) is 3.65. The second kappa shape index (κ2) is 8.92. The van der Waals surface area contributed by atoms with Crippen LogP contribution in [-0.2, 0) is 0 Å². The molecule has 0 saturated carbocycles. The van der Waals surface area contributed by atoms with Crippen LogP contribution in [0.1, 0.15) is 10.5 Å². The third-order valence-electron chi connectivity index (χ3n) is 5.34. The molecule has 0 atom stereocenters. The Morgan fingerprint density at radius 3 is 2.69 bits per heavy atom. The Morgan fingerprint density at radius 1 is 1.03 bits per heavy atom. The van der Waals surface area contributed by atoms with E-state index in [1.165, 1.54) is 5.69 Å². The molecular formula is C23H26N4O2. The number of hydrogen-bond donors (Lipinski definition) is 1.